The Balaban J connectivity index is 1.73. The van der Waals surface area contributed by atoms with Crippen LogP contribution in [-0.4, -0.2) is 0 Å². The first-order valence-electron chi connectivity index (χ1n) is 23.4. The zero-order valence-electron chi connectivity index (χ0n) is 43.4. The van der Waals surface area contributed by atoms with E-state index in [0.717, 1.165) is 0 Å². The Morgan fingerprint density at radius 1 is 0.359 bits per heavy atom. The molecule has 8 rings (SSSR count). The van der Waals surface area contributed by atoms with Crippen LogP contribution in [0.5, 0.6) is 0 Å². The predicted molar refractivity (Wildman–Crippen MR) is 171 cm³/mol. The predicted octanol–water partition coefficient (Wildman–Crippen LogP) is 11.4. The van der Waals surface area contributed by atoms with Crippen molar-refractivity contribution in [2.24, 2.45) is 0 Å². The number of hydrogen-bond acceptors (Lipinski definition) is 1. The molecule has 0 aliphatic heterocycles. The molecule has 0 saturated carbocycles. The molecule has 8 aromatic rings. The summed E-state index contributed by atoms with van der Waals surface area (Å²) in [6, 6.07) is -20.4. The van der Waals surface area contributed by atoms with Crippen molar-refractivity contribution < 1.29 is 32.9 Å². The van der Waals surface area contributed by atoms with Gasteiger partial charge in [-0.25, -0.2) is 0 Å². The van der Waals surface area contributed by atoms with Gasteiger partial charge in [0.2, 0.25) is 0 Å². The van der Waals surface area contributed by atoms with E-state index >= 15 is 0 Å². The summed E-state index contributed by atoms with van der Waals surface area (Å²) in [5.74, 6) is 0. The molecule has 0 N–H and O–H groups in total. The quantitative estimate of drug-likeness (QED) is 0.197. The van der Waals surface area contributed by atoms with Gasteiger partial charge in [-0.3, -0.25) is 0 Å². The minimum atomic E-state index is -1.01. The Labute approximate surface area is 265 Å². The number of hydrogen-bond donors (Lipinski definition) is 0. The highest BCUT2D eigenvalue weighted by Gasteiger charge is 2.19. The molecule has 0 nitrogen and oxygen atoms in total. The summed E-state index contributed by atoms with van der Waals surface area (Å²) in [5, 5.41) is -3.07. The smallest absolute Gasteiger partial charge is 0.0638 e. The van der Waals surface area contributed by atoms with Crippen molar-refractivity contribution in [2.75, 3.05) is 0 Å². The van der Waals surface area contributed by atoms with Gasteiger partial charge < -0.3 is 0 Å². The zero-order chi connectivity index (χ0) is 46.6. The van der Waals surface area contributed by atoms with E-state index in [2.05, 4.69) is 0 Å². The van der Waals surface area contributed by atoms with Crippen LogP contribution in [0.15, 0.2) is 145 Å². The Bertz CT molecular complexity index is 3360. The van der Waals surface area contributed by atoms with Crippen LogP contribution in [0.25, 0.3) is 75.1 Å². The molecule has 39 heavy (non-hydrogen) atoms. The van der Waals surface area contributed by atoms with E-state index < -0.39 is 200 Å². The summed E-state index contributed by atoms with van der Waals surface area (Å²) < 4.78 is 212. The third-order valence-electron chi connectivity index (χ3n) is 6.20. The highest BCUT2D eigenvalue weighted by atomic mass is 32.1. The van der Waals surface area contributed by atoms with Crippen LogP contribution in [0.4, 0.5) is 0 Å². The molecule has 1 aromatic heterocycles. The SMILES string of the molecule is [2H]c1c([2H])c([2H])c(-c2c([2H])c([2H])c(-c3c4c([2H])c([2H])c([2H])c([2H])c4c(-c4c([2H])c([2H])c([2H])c5sc6c([2H])c([2H])c([2H])c([2H])c6c45)c4c([2H])c([2H])c([2H])c([2H])c34)c([2H])c2[2H])c([2H])c1[2H]. The molecular weight excluding hydrogens is 488 g/mol. The topological polar surface area (TPSA) is 0 Å². The van der Waals surface area contributed by atoms with Gasteiger partial charge in [-0.05, 0) is 67.0 Å². The minimum absolute atomic E-state index is 0.118. The maximum atomic E-state index is 9.35. The maximum absolute atomic E-state index is 9.35. The van der Waals surface area contributed by atoms with E-state index in [9.17, 15) is 9.60 Å². The molecule has 0 saturated heterocycles. The van der Waals surface area contributed by atoms with Crippen LogP contribution in [0.2, 0.25) is 0 Å². The molecule has 0 radical (unpaired) electrons. The lowest BCUT2D eigenvalue weighted by Crippen LogP contribution is -1.91. The van der Waals surface area contributed by atoms with Gasteiger partial charge in [-0.2, -0.15) is 0 Å². The molecule has 1 heterocycles. The third-order valence-corrected chi connectivity index (χ3v) is 7.22. The van der Waals surface area contributed by atoms with E-state index in [0.29, 0.717) is 11.3 Å². The lowest BCUT2D eigenvalue weighted by molar-refractivity contribution is 1.61. The van der Waals surface area contributed by atoms with Gasteiger partial charge in [0.25, 0.3) is 0 Å². The lowest BCUT2D eigenvalue weighted by Gasteiger charge is -2.18. The Morgan fingerprint density at radius 3 is 1.51 bits per heavy atom. The summed E-state index contributed by atoms with van der Waals surface area (Å²) >= 11 is 0.676. The fourth-order valence-corrected chi connectivity index (χ4v) is 5.58. The number of benzene rings is 7. The van der Waals surface area contributed by atoms with Crippen LogP contribution in [0.1, 0.15) is 32.9 Å². The average molecular weight is 537 g/mol. The van der Waals surface area contributed by atoms with Crippen LogP contribution in [0.3, 0.4) is 0 Å². The summed E-state index contributed by atoms with van der Waals surface area (Å²) in [5.41, 5.74) is -3.95. The summed E-state index contributed by atoms with van der Waals surface area (Å²) in [6.07, 6.45) is 0. The molecule has 7 aromatic carbocycles. The van der Waals surface area contributed by atoms with Crippen molar-refractivity contribution >= 4 is 53.1 Å². The van der Waals surface area contributed by atoms with Crippen molar-refractivity contribution in [1.29, 1.82) is 0 Å². The summed E-state index contributed by atoms with van der Waals surface area (Å²) in [6.45, 7) is 0. The molecule has 0 aliphatic carbocycles. The van der Waals surface area contributed by atoms with E-state index in [-0.39, 0.29) is 20.2 Å². The molecular formula is C38H24S. The molecule has 0 bridgehead atoms. The molecule has 0 amide bonds. The van der Waals surface area contributed by atoms with E-state index in [1.54, 1.807) is 0 Å². The van der Waals surface area contributed by atoms with Crippen LogP contribution in [0, 0.1) is 0 Å². The molecule has 0 aliphatic rings. The molecule has 0 fully saturated rings. The molecule has 0 spiro atoms. The Kier molecular flexibility index (Phi) is 2.04. The van der Waals surface area contributed by atoms with Crippen LogP contribution < -0.4 is 0 Å². The van der Waals surface area contributed by atoms with Gasteiger partial charge in [-0.1, -0.05) is 133 Å². The first kappa shape index (κ1) is 8.91. The second-order valence-electron chi connectivity index (χ2n) is 8.26. The normalized spacial score (nSPS) is 20.2. The zero-order valence-corrected chi connectivity index (χ0v) is 20.2. The molecule has 0 atom stereocenters. The van der Waals surface area contributed by atoms with Crippen molar-refractivity contribution in [3.8, 4) is 33.4 Å². The number of thiophene rings is 1. The highest BCUT2D eigenvalue weighted by molar-refractivity contribution is 7.25. The van der Waals surface area contributed by atoms with Gasteiger partial charge in [0.15, 0.2) is 0 Å². The molecule has 0 unspecified atom stereocenters. The van der Waals surface area contributed by atoms with Crippen molar-refractivity contribution in [2.45, 2.75) is 0 Å². The highest BCUT2D eigenvalue weighted by Crippen LogP contribution is 2.47. The molecule has 1 heteroatoms. The van der Waals surface area contributed by atoms with Gasteiger partial charge in [-0.15, -0.1) is 11.3 Å². The van der Waals surface area contributed by atoms with Gasteiger partial charge in [0.1, 0.15) is 0 Å². The maximum Gasteiger partial charge on any atom is 0.0638 e. The Morgan fingerprint density at radius 2 is 0.846 bits per heavy atom. The number of fused-ring (bicyclic) bond motifs is 5. The third kappa shape index (κ3) is 3.51. The Hall–Kier alpha value is -4.72. The van der Waals surface area contributed by atoms with E-state index in [1.165, 1.54) is 0 Å². The van der Waals surface area contributed by atoms with Gasteiger partial charge >= 0.3 is 0 Å². The summed E-state index contributed by atoms with van der Waals surface area (Å²) in [4.78, 5) is 0. The minimum Gasteiger partial charge on any atom is -0.135 e. The first-order valence-corrected chi connectivity index (χ1v) is 12.2. The van der Waals surface area contributed by atoms with Gasteiger partial charge in [0.05, 0.1) is 32.9 Å². The summed E-state index contributed by atoms with van der Waals surface area (Å²) in [7, 11) is 0. The monoisotopic (exact) mass is 536 g/mol. The van der Waals surface area contributed by atoms with Crippen molar-refractivity contribution in [3.63, 3.8) is 0 Å². The van der Waals surface area contributed by atoms with Crippen molar-refractivity contribution in [1.82, 2.24) is 0 Å². The lowest BCUT2D eigenvalue weighted by atomic mass is 9.84. The van der Waals surface area contributed by atoms with E-state index in [1.807, 2.05) is 0 Å². The first-order chi connectivity index (χ1) is 29.3. The van der Waals surface area contributed by atoms with E-state index in [4.69, 9.17) is 23.3 Å². The average Bonchev–Trinajstić information content (AvgIpc) is 3.66. The standard InChI is InChI=1S/C38H24S/c1-2-11-25(12-3-1)26-21-23-27(24-22-26)36-28-13-4-6-15-30(28)37(31-16-7-5-14-29(31)36)33-18-10-20-35-38(33)32-17-8-9-19-34(32)39-35/h1-24H/i1D,2D,3D,4D,5D,6D,7D,8D,9D,10D,11D,12D,13D,14D,15D,16D,17D,18D,19D,20D,21D,22D,23D,24D. The van der Waals surface area contributed by atoms with Crippen molar-refractivity contribution in [3.05, 3.63) is 145 Å². The fourth-order valence-electron chi connectivity index (χ4n) is 4.61. The number of rotatable bonds is 3. The van der Waals surface area contributed by atoms with Crippen LogP contribution >= 0.6 is 11.3 Å². The fraction of sp³-hybridized carbons (Fsp3) is 0. The van der Waals surface area contributed by atoms with Crippen LogP contribution in [-0.2, 0) is 0 Å². The van der Waals surface area contributed by atoms with Gasteiger partial charge in [0, 0.05) is 20.2 Å². The largest absolute Gasteiger partial charge is 0.135 e. The second kappa shape index (κ2) is 8.94. The second-order valence-corrected chi connectivity index (χ2v) is 9.28. The molecule has 182 valence electrons.